The van der Waals surface area contributed by atoms with E-state index in [1.807, 2.05) is 12.1 Å². The van der Waals surface area contributed by atoms with Gasteiger partial charge in [-0.25, -0.2) is 0 Å². The lowest BCUT2D eigenvalue weighted by Crippen LogP contribution is -2.59. The SMILES string of the molecule is C.C=C1[C@H](O[Si](C)(C)C(C)(C)C)CC(OCc2ccccc2)C[C@H]1O[Si](C)(C)C(C)(C)C.CC(C)(C)[Si](C)(C)O[C@@H]1CC(OCc2ccccc2)C[C@@H](O[Si](C)(C)C(C)(C)C)C12CO2. The number of hydrogen-bond donors (Lipinski definition) is 0. The number of ether oxygens (including phenoxy) is 3. The number of epoxide rings is 1. The Bertz CT molecular complexity index is 1670. The Morgan fingerprint density at radius 2 is 0.781 bits per heavy atom. The molecule has 0 amide bonds. The van der Waals surface area contributed by atoms with Crippen molar-refractivity contribution in [1.82, 2.24) is 0 Å². The van der Waals surface area contributed by atoms with Crippen molar-refractivity contribution in [1.29, 1.82) is 0 Å². The summed E-state index contributed by atoms with van der Waals surface area (Å²) in [7, 11) is -7.80. The van der Waals surface area contributed by atoms with E-state index in [0.717, 1.165) is 37.9 Å². The first-order valence-corrected chi connectivity index (χ1v) is 35.6. The third kappa shape index (κ3) is 14.6. The molecule has 0 N–H and O–H groups in total. The van der Waals surface area contributed by atoms with Gasteiger partial charge < -0.3 is 31.9 Å². The summed E-state index contributed by atoms with van der Waals surface area (Å²) in [6, 6.07) is 20.8. The molecule has 1 saturated heterocycles. The van der Waals surface area contributed by atoms with Crippen LogP contribution in [-0.4, -0.2) is 82.1 Å². The van der Waals surface area contributed by atoms with E-state index in [-0.39, 0.29) is 69.8 Å². The van der Waals surface area contributed by atoms with Crippen LogP contribution in [0.5, 0.6) is 0 Å². The van der Waals surface area contributed by atoms with Gasteiger partial charge in [-0.3, -0.25) is 0 Å². The van der Waals surface area contributed by atoms with Gasteiger partial charge in [0.2, 0.25) is 0 Å². The second-order valence-electron chi connectivity index (χ2n) is 25.1. The molecular weight excluding hydrogens is 861 g/mol. The maximum atomic E-state index is 7.00. The highest BCUT2D eigenvalue weighted by atomic mass is 28.4. The minimum atomic E-state index is -1.96. The van der Waals surface area contributed by atoms with Crippen molar-refractivity contribution in [3.05, 3.63) is 83.9 Å². The van der Waals surface area contributed by atoms with Gasteiger partial charge in [-0.15, -0.1) is 0 Å². The molecule has 1 heterocycles. The molecular formula is C53H96O7Si4. The molecule has 5 rings (SSSR count). The van der Waals surface area contributed by atoms with Gasteiger partial charge in [0.25, 0.3) is 0 Å². The summed E-state index contributed by atoms with van der Waals surface area (Å²) in [4.78, 5) is 0. The van der Waals surface area contributed by atoms with E-state index in [0.29, 0.717) is 13.2 Å². The lowest BCUT2D eigenvalue weighted by atomic mass is 9.82. The molecule has 366 valence electrons. The molecule has 0 aromatic heterocycles. The van der Waals surface area contributed by atoms with Crippen molar-refractivity contribution < 1.29 is 31.9 Å². The molecule has 0 bridgehead atoms. The lowest BCUT2D eigenvalue weighted by molar-refractivity contribution is -0.101. The van der Waals surface area contributed by atoms with E-state index in [1.165, 1.54) is 11.1 Å². The van der Waals surface area contributed by atoms with E-state index in [1.54, 1.807) is 0 Å². The van der Waals surface area contributed by atoms with E-state index in [4.69, 9.17) is 31.9 Å². The van der Waals surface area contributed by atoms with Crippen LogP contribution >= 0.6 is 0 Å². The Hall–Kier alpha value is -1.23. The first kappa shape index (κ1) is 57.1. The number of benzene rings is 2. The van der Waals surface area contributed by atoms with E-state index in [9.17, 15) is 0 Å². The van der Waals surface area contributed by atoms with Gasteiger partial charge >= 0.3 is 0 Å². The summed E-state index contributed by atoms with van der Waals surface area (Å²) < 4.78 is 46.8. The zero-order valence-corrected chi connectivity index (χ0v) is 47.8. The van der Waals surface area contributed by atoms with E-state index in [2.05, 4.69) is 191 Å². The van der Waals surface area contributed by atoms with Gasteiger partial charge in [-0.2, -0.15) is 0 Å². The van der Waals surface area contributed by atoms with Crippen LogP contribution in [0, 0.1) is 0 Å². The quantitative estimate of drug-likeness (QED) is 0.106. The highest BCUT2D eigenvalue weighted by Gasteiger charge is 2.64. The summed E-state index contributed by atoms with van der Waals surface area (Å²) in [5.74, 6) is 0. The largest absolute Gasteiger partial charge is 0.411 e. The fraction of sp³-hybridized carbons (Fsp3) is 0.736. The topological polar surface area (TPSA) is 67.9 Å². The van der Waals surface area contributed by atoms with Crippen molar-refractivity contribution in [2.24, 2.45) is 0 Å². The molecule has 11 heteroatoms. The Kier molecular flexibility index (Phi) is 18.9. The maximum Gasteiger partial charge on any atom is 0.192 e. The first-order valence-electron chi connectivity index (χ1n) is 24.0. The standard InChI is InChI=1S/C26H46O4Si2.C26H46O3Si2.CH4/c1-24(2,3)31(7,8)29-22-16-21(27-18-20-14-12-11-13-15-20)17-23(26(22)19-28-26)30-32(9,10)25(4,5)6;1-20-23(28-30(8,9)25(2,3)4)17-22(27-19-21-15-13-12-14-16-21)18-24(20)29-31(10,11)26(5,6)7;/h11-15,21-23H,16-19H2,1-10H3;12-16,22-24H,1,17-19H2,2-11H3;1H4/t21?,22-,23-,26?;23-,24-;/m11./s1. The number of hydrogen-bond acceptors (Lipinski definition) is 7. The predicted octanol–water partition coefficient (Wildman–Crippen LogP) is 15.3. The molecule has 7 nitrogen and oxygen atoms in total. The zero-order chi connectivity index (χ0) is 47.7. The minimum Gasteiger partial charge on any atom is -0.411 e. The molecule has 0 unspecified atom stereocenters. The van der Waals surface area contributed by atoms with Crippen LogP contribution < -0.4 is 0 Å². The smallest absolute Gasteiger partial charge is 0.192 e. The molecule has 0 radical (unpaired) electrons. The average molecular weight is 958 g/mol. The molecule has 3 aliphatic rings. The molecule has 2 aromatic rings. The third-order valence-corrected chi connectivity index (χ3v) is 33.9. The van der Waals surface area contributed by atoms with Crippen LogP contribution in [-0.2, 0) is 45.1 Å². The maximum absolute atomic E-state index is 7.00. The van der Waals surface area contributed by atoms with E-state index >= 15 is 0 Å². The summed E-state index contributed by atoms with van der Waals surface area (Å²) in [6.45, 7) is 52.6. The van der Waals surface area contributed by atoms with Crippen LogP contribution in [0.1, 0.15) is 127 Å². The van der Waals surface area contributed by atoms with Gasteiger partial charge in [0, 0.05) is 25.7 Å². The molecule has 4 atom stereocenters. The average Bonchev–Trinajstić information content (AvgIpc) is 3.94. The normalized spacial score (nSPS) is 26.2. The highest BCUT2D eigenvalue weighted by molar-refractivity contribution is 6.75. The van der Waals surface area contributed by atoms with Crippen LogP contribution in [0.4, 0.5) is 0 Å². The van der Waals surface area contributed by atoms with Gasteiger partial charge in [0.15, 0.2) is 33.3 Å². The summed E-state index contributed by atoms with van der Waals surface area (Å²) >= 11 is 0. The summed E-state index contributed by atoms with van der Waals surface area (Å²) in [5, 5.41) is 0.606. The highest BCUT2D eigenvalue weighted by Crippen LogP contribution is 2.52. The third-order valence-electron chi connectivity index (χ3n) is 15.9. The van der Waals surface area contributed by atoms with Crippen molar-refractivity contribution in [3.8, 4) is 0 Å². The predicted molar refractivity (Wildman–Crippen MR) is 281 cm³/mol. The van der Waals surface area contributed by atoms with Crippen LogP contribution in [0.15, 0.2) is 72.8 Å². The van der Waals surface area contributed by atoms with Crippen LogP contribution in [0.2, 0.25) is 72.5 Å². The van der Waals surface area contributed by atoms with Gasteiger partial charge in [0.1, 0.15) is 5.60 Å². The Morgan fingerprint density at radius 1 is 0.500 bits per heavy atom. The summed E-state index contributed by atoms with van der Waals surface area (Å²) in [5.41, 5.74) is 3.21. The minimum absolute atomic E-state index is 0. The van der Waals surface area contributed by atoms with Crippen molar-refractivity contribution in [3.63, 3.8) is 0 Å². The van der Waals surface area contributed by atoms with Gasteiger partial charge in [0.05, 0.1) is 56.4 Å². The molecule has 64 heavy (non-hydrogen) atoms. The Morgan fingerprint density at radius 3 is 1.06 bits per heavy atom. The fourth-order valence-electron chi connectivity index (χ4n) is 7.24. The molecule has 1 aliphatic heterocycles. The Labute approximate surface area is 398 Å². The van der Waals surface area contributed by atoms with Crippen molar-refractivity contribution >= 4 is 33.3 Å². The molecule has 3 fully saturated rings. The molecule has 2 aromatic carbocycles. The van der Waals surface area contributed by atoms with Crippen molar-refractivity contribution in [2.45, 2.75) is 244 Å². The van der Waals surface area contributed by atoms with Crippen LogP contribution in [0.3, 0.4) is 0 Å². The lowest BCUT2D eigenvalue weighted by Gasteiger charge is -2.49. The fourth-order valence-corrected chi connectivity index (χ4v) is 12.6. The van der Waals surface area contributed by atoms with E-state index < -0.39 is 33.3 Å². The molecule has 2 aliphatic carbocycles. The first-order chi connectivity index (χ1) is 28.6. The second-order valence-corrected chi connectivity index (χ2v) is 44.1. The van der Waals surface area contributed by atoms with Crippen molar-refractivity contribution in [2.75, 3.05) is 6.61 Å². The second kappa shape index (κ2) is 21.2. The van der Waals surface area contributed by atoms with Crippen LogP contribution in [0.25, 0.3) is 0 Å². The van der Waals surface area contributed by atoms with Gasteiger partial charge in [-0.1, -0.05) is 158 Å². The molecule has 2 saturated carbocycles. The summed E-state index contributed by atoms with van der Waals surface area (Å²) in [6.07, 6.45) is 3.69. The zero-order valence-electron chi connectivity index (χ0n) is 43.8. The number of rotatable bonds is 14. The van der Waals surface area contributed by atoms with Gasteiger partial charge in [-0.05, 0) is 89.2 Å². The monoisotopic (exact) mass is 957 g/mol. The Balaban J connectivity index is 0.000000335. The molecule has 1 spiro atoms.